The number of anilines is 2. The van der Waals surface area contributed by atoms with Crippen LogP contribution in [0.15, 0.2) is 23.6 Å². The fourth-order valence-corrected chi connectivity index (χ4v) is 3.76. The molecule has 5 nitrogen and oxygen atoms in total. The van der Waals surface area contributed by atoms with Crippen LogP contribution in [0.2, 0.25) is 0 Å². The molecule has 0 aliphatic carbocycles. The van der Waals surface area contributed by atoms with Crippen LogP contribution < -0.4 is 10.2 Å². The van der Waals surface area contributed by atoms with E-state index in [0.717, 1.165) is 22.5 Å². The highest BCUT2D eigenvalue weighted by atomic mass is 35.5. The second-order valence-corrected chi connectivity index (χ2v) is 8.86. The van der Waals surface area contributed by atoms with Gasteiger partial charge in [0.05, 0.1) is 16.5 Å². The Morgan fingerprint density at radius 1 is 1.38 bits per heavy atom. The molecule has 0 saturated carbocycles. The van der Waals surface area contributed by atoms with Crippen molar-refractivity contribution >= 4 is 45.6 Å². The van der Waals surface area contributed by atoms with Gasteiger partial charge in [0, 0.05) is 29.6 Å². The number of hydrogen-bond acceptors (Lipinski definition) is 4. The van der Waals surface area contributed by atoms with Crippen molar-refractivity contribution in [1.29, 1.82) is 0 Å². The summed E-state index contributed by atoms with van der Waals surface area (Å²) < 4.78 is 0. The molecule has 0 atom stereocenters. The number of carbonyl (C=O) groups excluding carboxylic acids is 2. The maximum absolute atomic E-state index is 12.4. The first kappa shape index (κ1) is 18.9. The van der Waals surface area contributed by atoms with Gasteiger partial charge in [0.1, 0.15) is 0 Å². The van der Waals surface area contributed by atoms with Crippen LogP contribution in [0.25, 0.3) is 11.3 Å². The summed E-state index contributed by atoms with van der Waals surface area (Å²) >= 11 is 7.22. The highest BCUT2D eigenvalue weighted by Crippen LogP contribution is 2.42. The van der Waals surface area contributed by atoms with Crippen molar-refractivity contribution in [3.05, 3.63) is 29.1 Å². The number of halogens is 1. The zero-order chi connectivity index (χ0) is 19.3. The summed E-state index contributed by atoms with van der Waals surface area (Å²) in [7, 11) is 1.80. The van der Waals surface area contributed by atoms with Gasteiger partial charge < -0.3 is 10.2 Å². The SMILES string of the molecule is CN1C(=O)C(C)(C)c2cc(-c3csc(NC(=O)C(C)(C)CCl)n3)ccc21. The van der Waals surface area contributed by atoms with Gasteiger partial charge >= 0.3 is 0 Å². The average Bonchev–Trinajstić information content (AvgIpc) is 3.13. The van der Waals surface area contributed by atoms with Crippen LogP contribution in [0.5, 0.6) is 0 Å². The Balaban J connectivity index is 1.89. The Morgan fingerprint density at radius 2 is 2.08 bits per heavy atom. The van der Waals surface area contributed by atoms with E-state index in [1.807, 2.05) is 37.4 Å². The van der Waals surface area contributed by atoms with E-state index in [1.165, 1.54) is 11.3 Å². The van der Waals surface area contributed by atoms with Gasteiger partial charge in [-0.2, -0.15) is 0 Å². The number of rotatable bonds is 4. The molecule has 26 heavy (non-hydrogen) atoms. The number of nitrogens with zero attached hydrogens (tertiary/aromatic N) is 2. The molecule has 138 valence electrons. The van der Waals surface area contributed by atoms with Gasteiger partial charge in [-0.1, -0.05) is 6.07 Å². The summed E-state index contributed by atoms with van der Waals surface area (Å²) in [6.45, 7) is 7.45. The van der Waals surface area contributed by atoms with Crippen molar-refractivity contribution in [3.8, 4) is 11.3 Å². The van der Waals surface area contributed by atoms with Crippen LogP contribution in [-0.2, 0) is 15.0 Å². The van der Waals surface area contributed by atoms with Gasteiger partial charge in [0.2, 0.25) is 11.8 Å². The molecule has 1 aliphatic rings. The molecule has 0 saturated heterocycles. The lowest BCUT2D eigenvalue weighted by Crippen LogP contribution is -2.33. The molecule has 1 aliphatic heterocycles. The first-order valence-corrected chi connectivity index (χ1v) is 9.75. The molecule has 7 heteroatoms. The summed E-state index contributed by atoms with van der Waals surface area (Å²) in [5.74, 6) is 0.160. The van der Waals surface area contributed by atoms with Crippen molar-refractivity contribution in [2.45, 2.75) is 33.1 Å². The normalized spacial score (nSPS) is 15.9. The number of carbonyl (C=O) groups is 2. The molecular weight excluding hydrogens is 370 g/mol. The third-order valence-corrected chi connectivity index (χ3v) is 6.27. The molecular formula is C19H22ClN3O2S. The number of hydrogen-bond donors (Lipinski definition) is 1. The zero-order valence-electron chi connectivity index (χ0n) is 15.5. The second kappa shape index (κ2) is 6.35. The van der Waals surface area contributed by atoms with Gasteiger partial charge in [-0.3, -0.25) is 9.59 Å². The van der Waals surface area contributed by atoms with Crippen molar-refractivity contribution in [3.63, 3.8) is 0 Å². The lowest BCUT2D eigenvalue weighted by Gasteiger charge is -2.19. The van der Waals surface area contributed by atoms with Crippen LogP contribution >= 0.6 is 22.9 Å². The quantitative estimate of drug-likeness (QED) is 0.791. The molecule has 2 heterocycles. The Hall–Kier alpha value is -1.92. The van der Waals surface area contributed by atoms with E-state index in [-0.39, 0.29) is 17.7 Å². The summed E-state index contributed by atoms with van der Waals surface area (Å²) in [5, 5.41) is 5.27. The van der Waals surface area contributed by atoms with E-state index in [4.69, 9.17) is 11.6 Å². The van der Waals surface area contributed by atoms with Crippen LogP contribution in [0.1, 0.15) is 33.3 Å². The number of alkyl halides is 1. The summed E-state index contributed by atoms with van der Waals surface area (Å²) in [4.78, 5) is 30.9. The minimum Gasteiger partial charge on any atom is -0.314 e. The van der Waals surface area contributed by atoms with Crippen LogP contribution in [0.4, 0.5) is 10.8 Å². The maximum atomic E-state index is 12.4. The first-order chi connectivity index (χ1) is 12.1. The number of amides is 2. The molecule has 2 amide bonds. The Labute approximate surface area is 162 Å². The number of nitrogens with one attached hydrogen (secondary N) is 1. The summed E-state index contributed by atoms with van der Waals surface area (Å²) in [6.07, 6.45) is 0. The van der Waals surface area contributed by atoms with E-state index in [0.29, 0.717) is 5.13 Å². The topological polar surface area (TPSA) is 62.3 Å². The molecule has 0 fully saturated rings. The monoisotopic (exact) mass is 391 g/mol. The highest BCUT2D eigenvalue weighted by Gasteiger charge is 2.42. The minimum absolute atomic E-state index is 0.0826. The number of fused-ring (bicyclic) bond motifs is 1. The molecule has 0 unspecified atom stereocenters. The summed E-state index contributed by atoms with van der Waals surface area (Å²) in [5.41, 5.74) is 2.40. The standard InChI is InChI=1S/C19H22ClN3O2S/c1-18(2,10-20)15(24)22-17-21-13(9-26-17)11-6-7-14-12(8-11)19(3,4)16(25)23(14)5/h6-9H,10H2,1-5H3,(H,21,22,24). The van der Waals surface area contributed by atoms with E-state index >= 15 is 0 Å². The third-order valence-electron chi connectivity index (χ3n) is 4.84. The smallest absolute Gasteiger partial charge is 0.236 e. The van der Waals surface area contributed by atoms with Crippen molar-refractivity contribution in [2.24, 2.45) is 5.41 Å². The fourth-order valence-electron chi connectivity index (χ4n) is 2.92. The Bertz CT molecular complexity index is 889. The van der Waals surface area contributed by atoms with E-state index in [1.54, 1.807) is 25.8 Å². The first-order valence-electron chi connectivity index (χ1n) is 8.34. The van der Waals surface area contributed by atoms with Gasteiger partial charge in [-0.25, -0.2) is 4.98 Å². The Kier molecular flexibility index (Phi) is 4.61. The lowest BCUT2D eigenvalue weighted by atomic mass is 9.85. The van der Waals surface area contributed by atoms with E-state index in [2.05, 4.69) is 10.3 Å². The predicted molar refractivity (Wildman–Crippen MR) is 107 cm³/mol. The van der Waals surface area contributed by atoms with Crippen molar-refractivity contribution in [1.82, 2.24) is 4.98 Å². The van der Waals surface area contributed by atoms with E-state index < -0.39 is 10.8 Å². The summed E-state index contributed by atoms with van der Waals surface area (Å²) in [6, 6.07) is 5.92. The molecule has 0 radical (unpaired) electrons. The fraction of sp³-hybridized carbons (Fsp3) is 0.421. The minimum atomic E-state index is -0.657. The van der Waals surface area contributed by atoms with Gasteiger partial charge in [-0.15, -0.1) is 22.9 Å². The molecule has 1 aromatic carbocycles. The van der Waals surface area contributed by atoms with Crippen LogP contribution in [-0.4, -0.2) is 29.7 Å². The molecule has 1 N–H and O–H groups in total. The molecule has 1 aromatic heterocycles. The highest BCUT2D eigenvalue weighted by molar-refractivity contribution is 7.14. The lowest BCUT2D eigenvalue weighted by molar-refractivity contribution is -0.123. The largest absolute Gasteiger partial charge is 0.314 e. The number of aromatic nitrogens is 1. The molecule has 3 rings (SSSR count). The van der Waals surface area contributed by atoms with Crippen molar-refractivity contribution in [2.75, 3.05) is 23.1 Å². The number of thiazole rings is 1. The Morgan fingerprint density at radius 3 is 2.73 bits per heavy atom. The van der Waals surface area contributed by atoms with Crippen LogP contribution in [0.3, 0.4) is 0 Å². The van der Waals surface area contributed by atoms with Gasteiger partial charge in [0.15, 0.2) is 5.13 Å². The molecule has 0 spiro atoms. The third kappa shape index (κ3) is 3.01. The zero-order valence-corrected chi connectivity index (χ0v) is 17.1. The predicted octanol–water partition coefficient (Wildman–Crippen LogP) is 4.27. The van der Waals surface area contributed by atoms with Gasteiger partial charge in [-0.05, 0) is 45.4 Å². The number of benzene rings is 1. The maximum Gasteiger partial charge on any atom is 0.236 e. The van der Waals surface area contributed by atoms with Crippen molar-refractivity contribution < 1.29 is 9.59 Å². The van der Waals surface area contributed by atoms with Gasteiger partial charge in [0.25, 0.3) is 0 Å². The number of likely N-dealkylation sites (N-methyl/N-ethyl adjacent to an activating group) is 1. The molecule has 0 bridgehead atoms. The average molecular weight is 392 g/mol. The second-order valence-electron chi connectivity index (χ2n) is 7.73. The van der Waals surface area contributed by atoms with E-state index in [9.17, 15) is 9.59 Å². The van der Waals surface area contributed by atoms with Crippen LogP contribution in [0, 0.1) is 5.41 Å². The molecule has 2 aromatic rings.